The van der Waals surface area contributed by atoms with Gasteiger partial charge in [-0.25, -0.2) is 0 Å². The summed E-state index contributed by atoms with van der Waals surface area (Å²) in [5, 5.41) is 3.81. The minimum Gasteiger partial charge on any atom is -0.310 e. The van der Waals surface area contributed by atoms with Gasteiger partial charge in [-0.15, -0.1) is 6.42 Å². The molecular weight excluding hydrogens is 234 g/mol. The van der Waals surface area contributed by atoms with E-state index < -0.39 is 0 Å². The molecule has 2 fully saturated rings. The molecule has 0 spiro atoms. The highest BCUT2D eigenvalue weighted by molar-refractivity contribution is 4.90. The van der Waals surface area contributed by atoms with Crippen LogP contribution in [0.25, 0.3) is 0 Å². The monoisotopic (exact) mass is 263 g/mol. The molecule has 19 heavy (non-hydrogen) atoms. The van der Waals surface area contributed by atoms with Crippen molar-refractivity contribution in [1.82, 2.24) is 15.1 Å². The van der Waals surface area contributed by atoms with E-state index in [1.165, 1.54) is 51.7 Å². The van der Waals surface area contributed by atoms with Crippen molar-refractivity contribution < 1.29 is 0 Å². The van der Waals surface area contributed by atoms with Crippen molar-refractivity contribution in [3.8, 4) is 12.3 Å². The second-order valence-electron chi connectivity index (χ2n) is 6.18. The molecule has 1 atom stereocenters. The SMILES string of the molecule is C#CCN1CCC(NC(C)CN2CCCCC2)CC1. The number of hydrogen-bond donors (Lipinski definition) is 1. The maximum Gasteiger partial charge on any atom is 0.0598 e. The smallest absolute Gasteiger partial charge is 0.0598 e. The highest BCUT2D eigenvalue weighted by Crippen LogP contribution is 2.12. The van der Waals surface area contributed by atoms with Gasteiger partial charge in [0.15, 0.2) is 0 Å². The van der Waals surface area contributed by atoms with E-state index in [-0.39, 0.29) is 0 Å². The summed E-state index contributed by atoms with van der Waals surface area (Å²) in [5.74, 6) is 2.75. The zero-order chi connectivity index (χ0) is 13.5. The molecule has 1 unspecified atom stereocenters. The van der Waals surface area contributed by atoms with E-state index >= 15 is 0 Å². The molecule has 3 heteroatoms. The van der Waals surface area contributed by atoms with E-state index in [0.717, 1.165) is 19.6 Å². The lowest BCUT2D eigenvalue weighted by Crippen LogP contribution is -2.49. The van der Waals surface area contributed by atoms with Gasteiger partial charge in [0.1, 0.15) is 0 Å². The van der Waals surface area contributed by atoms with Gasteiger partial charge in [-0.2, -0.15) is 0 Å². The highest BCUT2D eigenvalue weighted by Gasteiger charge is 2.21. The third-order valence-corrected chi connectivity index (χ3v) is 4.40. The average Bonchev–Trinajstić information content (AvgIpc) is 2.42. The number of likely N-dealkylation sites (tertiary alicyclic amines) is 2. The first kappa shape index (κ1) is 14.8. The summed E-state index contributed by atoms with van der Waals surface area (Å²) >= 11 is 0. The molecule has 2 heterocycles. The number of piperidine rings is 2. The Morgan fingerprint density at radius 1 is 1.11 bits per heavy atom. The number of nitrogens with zero attached hydrogens (tertiary/aromatic N) is 2. The van der Waals surface area contributed by atoms with E-state index in [1.54, 1.807) is 0 Å². The van der Waals surface area contributed by atoms with Gasteiger partial charge in [-0.05, 0) is 45.7 Å². The summed E-state index contributed by atoms with van der Waals surface area (Å²) < 4.78 is 0. The fraction of sp³-hybridized carbons (Fsp3) is 0.875. The number of terminal acetylenes is 1. The van der Waals surface area contributed by atoms with Gasteiger partial charge in [0.25, 0.3) is 0 Å². The standard InChI is InChI=1S/C16H29N3/c1-3-9-18-12-7-16(8-13-18)17-15(2)14-19-10-5-4-6-11-19/h1,15-17H,4-14H2,2H3. The minimum atomic E-state index is 0.613. The highest BCUT2D eigenvalue weighted by atomic mass is 15.2. The largest absolute Gasteiger partial charge is 0.310 e. The Kier molecular flexibility index (Phi) is 6.16. The Labute approximate surface area is 118 Å². The molecule has 0 aromatic carbocycles. The Hall–Kier alpha value is -0.560. The van der Waals surface area contributed by atoms with Crippen LogP contribution >= 0.6 is 0 Å². The maximum atomic E-state index is 5.37. The lowest BCUT2D eigenvalue weighted by Gasteiger charge is -2.35. The van der Waals surface area contributed by atoms with Crippen molar-refractivity contribution in [2.75, 3.05) is 39.3 Å². The van der Waals surface area contributed by atoms with Crippen LogP contribution in [0, 0.1) is 12.3 Å². The van der Waals surface area contributed by atoms with Gasteiger partial charge < -0.3 is 10.2 Å². The lowest BCUT2D eigenvalue weighted by atomic mass is 10.0. The predicted molar refractivity (Wildman–Crippen MR) is 81.2 cm³/mol. The predicted octanol–water partition coefficient (Wildman–Crippen LogP) is 1.55. The number of nitrogens with one attached hydrogen (secondary N) is 1. The maximum absolute atomic E-state index is 5.37. The van der Waals surface area contributed by atoms with Crippen LogP contribution in [-0.2, 0) is 0 Å². The van der Waals surface area contributed by atoms with E-state index in [4.69, 9.17) is 6.42 Å². The molecule has 1 N–H and O–H groups in total. The molecular formula is C16H29N3. The van der Waals surface area contributed by atoms with Gasteiger partial charge >= 0.3 is 0 Å². The van der Waals surface area contributed by atoms with Gasteiger partial charge in [0.05, 0.1) is 6.54 Å². The Bertz CT molecular complexity index is 283. The van der Waals surface area contributed by atoms with E-state index in [2.05, 4.69) is 28.0 Å². The van der Waals surface area contributed by atoms with Crippen LogP contribution in [0.4, 0.5) is 0 Å². The van der Waals surface area contributed by atoms with Crippen LogP contribution in [-0.4, -0.2) is 61.2 Å². The van der Waals surface area contributed by atoms with Crippen molar-refractivity contribution in [2.24, 2.45) is 0 Å². The minimum absolute atomic E-state index is 0.613. The van der Waals surface area contributed by atoms with Crippen molar-refractivity contribution in [3.05, 3.63) is 0 Å². The van der Waals surface area contributed by atoms with Crippen LogP contribution in [0.3, 0.4) is 0 Å². The first-order valence-electron chi connectivity index (χ1n) is 7.92. The normalized spacial score (nSPS) is 25.1. The molecule has 0 radical (unpaired) electrons. The Morgan fingerprint density at radius 2 is 1.79 bits per heavy atom. The topological polar surface area (TPSA) is 18.5 Å². The fourth-order valence-corrected chi connectivity index (χ4v) is 3.37. The fourth-order valence-electron chi connectivity index (χ4n) is 3.37. The van der Waals surface area contributed by atoms with E-state index in [9.17, 15) is 0 Å². The second kappa shape index (κ2) is 7.89. The Balaban J connectivity index is 1.63. The first-order valence-corrected chi connectivity index (χ1v) is 7.92. The van der Waals surface area contributed by atoms with Gasteiger partial charge in [-0.1, -0.05) is 12.3 Å². The van der Waals surface area contributed by atoms with Crippen LogP contribution in [0.15, 0.2) is 0 Å². The van der Waals surface area contributed by atoms with Gasteiger partial charge in [-0.3, -0.25) is 4.90 Å². The van der Waals surface area contributed by atoms with Crippen molar-refractivity contribution in [2.45, 2.75) is 51.1 Å². The first-order chi connectivity index (χ1) is 9.28. The van der Waals surface area contributed by atoms with E-state index in [1.807, 2.05) is 0 Å². The molecule has 2 aliphatic rings. The molecule has 0 aromatic rings. The van der Waals surface area contributed by atoms with Crippen LogP contribution in [0.5, 0.6) is 0 Å². The molecule has 108 valence electrons. The molecule has 0 saturated carbocycles. The van der Waals surface area contributed by atoms with Gasteiger partial charge in [0.2, 0.25) is 0 Å². The average molecular weight is 263 g/mol. The van der Waals surface area contributed by atoms with Crippen LogP contribution < -0.4 is 5.32 Å². The summed E-state index contributed by atoms with van der Waals surface area (Å²) in [4.78, 5) is 5.00. The molecule has 0 aromatic heterocycles. The Morgan fingerprint density at radius 3 is 2.42 bits per heavy atom. The van der Waals surface area contributed by atoms with Crippen molar-refractivity contribution in [3.63, 3.8) is 0 Å². The van der Waals surface area contributed by atoms with E-state index in [0.29, 0.717) is 12.1 Å². The quantitative estimate of drug-likeness (QED) is 0.759. The van der Waals surface area contributed by atoms with Crippen molar-refractivity contribution >= 4 is 0 Å². The summed E-state index contributed by atoms with van der Waals surface area (Å²) in [6, 6.07) is 1.30. The second-order valence-corrected chi connectivity index (χ2v) is 6.18. The molecule has 2 rings (SSSR count). The van der Waals surface area contributed by atoms with Crippen LogP contribution in [0.1, 0.15) is 39.0 Å². The summed E-state index contributed by atoms with van der Waals surface area (Å²) in [7, 11) is 0. The zero-order valence-electron chi connectivity index (χ0n) is 12.4. The molecule has 3 nitrogen and oxygen atoms in total. The molecule has 0 bridgehead atoms. The summed E-state index contributed by atoms with van der Waals surface area (Å²) in [5.41, 5.74) is 0. The number of rotatable bonds is 5. The van der Waals surface area contributed by atoms with Crippen molar-refractivity contribution in [1.29, 1.82) is 0 Å². The molecule has 0 aliphatic carbocycles. The van der Waals surface area contributed by atoms with Gasteiger partial charge in [0, 0.05) is 31.7 Å². The number of hydrogen-bond acceptors (Lipinski definition) is 3. The summed E-state index contributed by atoms with van der Waals surface area (Å²) in [6.07, 6.45) is 12.0. The lowest BCUT2D eigenvalue weighted by molar-refractivity contribution is 0.179. The summed E-state index contributed by atoms with van der Waals surface area (Å²) in [6.45, 7) is 9.26. The molecule has 2 aliphatic heterocycles. The third kappa shape index (κ3) is 5.14. The third-order valence-electron chi connectivity index (χ3n) is 4.40. The zero-order valence-corrected chi connectivity index (χ0v) is 12.4. The molecule has 0 amide bonds. The molecule has 2 saturated heterocycles. The van der Waals surface area contributed by atoms with Crippen LogP contribution in [0.2, 0.25) is 0 Å².